The molecule has 2 aromatic rings. The van der Waals surface area contributed by atoms with Gasteiger partial charge in [-0.1, -0.05) is 30.3 Å². The van der Waals surface area contributed by atoms with Gasteiger partial charge in [-0.15, -0.1) is 0 Å². The van der Waals surface area contributed by atoms with E-state index in [2.05, 4.69) is 22.0 Å². The van der Waals surface area contributed by atoms with Crippen LogP contribution in [0.5, 0.6) is 0 Å². The molecule has 1 aromatic carbocycles. The Hall–Kier alpha value is -2.11. The standard InChI is InChI=1S/C19H25N3O2/c1-15-17(8-10-20-15)18(23)21(2)13-19(24)9-11-22(14-19)12-16-6-4-3-5-7-16/h3-8,10,20,24H,9,11-14H2,1-2H3. The van der Waals surface area contributed by atoms with Crippen LogP contribution in [0, 0.1) is 6.92 Å². The van der Waals surface area contributed by atoms with E-state index < -0.39 is 5.60 Å². The second-order valence-corrected chi connectivity index (χ2v) is 6.85. The minimum atomic E-state index is -0.844. The number of aliphatic hydroxyl groups is 1. The van der Waals surface area contributed by atoms with E-state index in [1.54, 1.807) is 24.2 Å². The number of carbonyl (C=O) groups excluding carboxylic acids is 1. The number of nitrogens with zero attached hydrogens (tertiary/aromatic N) is 2. The van der Waals surface area contributed by atoms with Crippen molar-refractivity contribution in [2.24, 2.45) is 0 Å². The van der Waals surface area contributed by atoms with Gasteiger partial charge in [0.25, 0.3) is 5.91 Å². The average Bonchev–Trinajstić information content (AvgIpc) is 3.13. The fourth-order valence-electron chi connectivity index (χ4n) is 3.45. The fourth-order valence-corrected chi connectivity index (χ4v) is 3.45. The van der Waals surface area contributed by atoms with E-state index in [-0.39, 0.29) is 5.91 Å². The normalized spacial score (nSPS) is 21.1. The Morgan fingerprint density at radius 2 is 2.08 bits per heavy atom. The van der Waals surface area contributed by atoms with Crippen molar-refractivity contribution in [1.29, 1.82) is 0 Å². The molecule has 0 bridgehead atoms. The average molecular weight is 327 g/mol. The number of benzene rings is 1. The minimum Gasteiger partial charge on any atom is -0.387 e. The van der Waals surface area contributed by atoms with Crippen LogP contribution in [-0.2, 0) is 6.54 Å². The number of hydrogen-bond donors (Lipinski definition) is 2. The van der Waals surface area contributed by atoms with E-state index in [1.807, 2.05) is 25.1 Å². The predicted octanol–water partition coefficient (Wildman–Crippen LogP) is 2.03. The molecule has 24 heavy (non-hydrogen) atoms. The lowest BCUT2D eigenvalue weighted by atomic mass is 10.0. The van der Waals surface area contributed by atoms with E-state index >= 15 is 0 Å². The zero-order valence-corrected chi connectivity index (χ0v) is 14.3. The minimum absolute atomic E-state index is 0.0521. The molecule has 5 heteroatoms. The van der Waals surface area contributed by atoms with Gasteiger partial charge in [-0.05, 0) is 25.0 Å². The van der Waals surface area contributed by atoms with E-state index in [9.17, 15) is 9.90 Å². The van der Waals surface area contributed by atoms with Gasteiger partial charge in [-0.3, -0.25) is 9.69 Å². The molecule has 1 unspecified atom stereocenters. The molecule has 2 N–H and O–H groups in total. The molecule has 1 aliphatic heterocycles. The smallest absolute Gasteiger partial charge is 0.255 e. The highest BCUT2D eigenvalue weighted by atomic mass is 16.3. The zero-order valence-electron chi connectivity index (χ0n) is 14.3. The molecule has 1 amide bonds. The Morgan fingerprint density at radius 3 is 2.75 bits per heavy atom. The second-order valence-electron chi connectivity index (χ2n) is 6.85. The summed E-state index contributed by atoms with van der Waals surface area (Å²) >= 11 is 0. The molecule has 1 fully saturated rings. The SMILES string of the molecule is Cc1[nH]ccc1C(=O)N(C)CC1(O)CCN(Cc2ccccc2)C1. The van der Waals surface area contributed by atoms with Gasteiger partial charge in [0.2, 0.25) is 0 Å². The number of likely N-dealkylation sites (N-methyl/N-ethyl adjacent to an activating group) is 1. The van der Waals surface area contributed by atoms with Crippen LogP contribution in [0.2, 0.25) is 0 Å². The number of hydrogen-bond acceptors (Lipinski definition) is 3. The third-order valence-electron chi connectivity index (χ3n) is 4.72. The highest BCUT2D eigenvalue weighted by Gasteiger charge is 2.38. The molecule has 1 atom stereocenters. The van der Waals surface area contributed by atoms with Crippen LogP contribution in [0.1, 0.15) is 28.0 Å². The van der Waals surface area contributed by atoms with Gasteiger partial charge in [-0.25, -0.2) is 0 Å². The molecular formula is C19H25N3O2. The second kappa shape index (κ2) is 6.79. The Labute approximate surface area is 142 Å². The number of aromatic nitrogens is 1. The fraction of sp³-hybridized carbons (Fsp3) is 0.421. The third kappa shape index (κ3) is 3.68. The number of aryl methyl sites for hydroxylation is 1. The first-order valence-electron chi connectivity index (χ1n) is 8.35. The number of rotatable bonds is 5. The Kier molecular flexibility index (Phi) is 4.73. The summed E-state index contributed by atoms with van der Waals surface area (Å²) in [7, 11) is 1.76. The molecule has 0 spiro atoms. The lowest BCUT2D eigenvalue weighted by Gasteiger charge is -2.29. The number of carbonyl (C=O) groups is 1. The summed E-state index contributed by atoms with van der Waals surface area (Å²) in [5.41, 5.74) is 1.92. The van der Waals surface area contributed by atoms with Gasteiger partial charge in [0.15, 0.2) is 0 Å². The number of likely N-dealkylation sites (tertiary alicyclic amines) is 1. The highest BCUT2D eigenvalue weighted by Crippen LogP contribution is 2.24. The Morgan fingerprint density at radius 1 is 1.33 bits per heavy atom. The van der Waals surface area contributed by atoms with E-state index in [0.29, 0.717) is 25.1 Å². The molecule has 128 valence electrons. The number of β-amino-alcohol motifs (C(OH)–C–C–N with tert-alkyl or cyclic N) is 1. The monoisotopic (exact) mass is 327 g/mol. The lowest BCUT2D eigenvalue weighted by Crippen LogP contribution is -2.45. The van der Waals surface area contributed by atoms with Crippen molar-refractivity contribution in [3.8, 4) is 0 Å². The van der Waals surface area contributed by atoms with Crippen LogP contribution in [0.15, 0.2) is 42.6 Å². The first-order chi connectivity index (χ1) is 11.5. The number of H-pyrrole nitrogens is 1. The number of aromatic amines is 1. The zero-order chi connectivity index (χ0) is 17.2. The molecule has 0 radical (unpaired) electrons. The molecule has 3 rings (SSSR count). The topological polar surface area (TPSA) is 59.6 Å². The summed E-state index contributed by atoms with van der Waals surface area (Å²) in [6.45, 7) is 4.49. The molecule has 0 aliphatic carbocycles. The molecule has 5 nitrogen and oxygen atoms in total. The van der Waals surface area contributed by atoms with E-state index in [1.165, 1.54) is 5.56 Å². The maximum atomic E-state index is 12.5. The lowest BCUT2D eigenvalue weighted by molar-refractivity contribution is 0.0170. The van der Waals surface area contributed by atoms with Gasteiger partial charge < -0.3 is 15.0 Å². The van der Waals surface area contributed by atoms with Crippen LogP contribution in [0.25, 0.3) is 0 Å². The number of nitrogens with one attached hydrogen (secondary N) is 1. The van der Waals surface area contributed by atoms with Gasteiger partial charge in [0.1, 0.15) is 0 Å². The Balaban J connectivity index is 1.59. The van der Waals surface area contributed by atoms with E-state index in [4.69, 9.17) is 0 Å². The van der Waals surface area contributed by atoms with E-state index in [0.717, 1.165) is 18.8 Å². The summed E-state index contributed by atoms with van der Waals surface area (Å²) in [5.74, 6) is -0.0521. The number of amides is 1. The molecule has 2 heterocycles. The molecule has 0 saturated carbocycles. The third-order valence-corrected chi connectivity index (χ3v) is 4.72. The Bertz CT molecular complexity index is 698. The summed E-state index contributed by atoms with van der Waals surface area (Å²) in [6, 6.07) is 12.1. The van der Waals surface area contributed by atoms with Crippen molar-refractivity contribution in [2.75, 3.05) is 26.7 Å². The van der Waals surface area contributed by atoms with Crippen molar-refractivity contribution in [1.82, 2.24) is 14.8 Å². The molecule has 1 aromatic heterocycles. The van der Waals surface area contributed by atoms with Crippen LogP contribution in [0.3, 0.4) is 0 Å². The maximum absolute atomic E-state index is 12.5. The highest BCUT2D eigenvalue weighted by molar-refractivity contribution is 5.95. The summed E-state index contributed by atoms with van der Waals surface area (Å²) in [6.07, 6.45) is 2.45. The summed E-state index contributed by atoms with van der Waals surface area (Å²) in [4.78, 5) is 19.4. The van der Waals surface area contributed by atoms with Crippen LogP contribution < -0.4 is 0 Å². The van der Waals surface area contributed by atoms with Crippen molar-refractivity contribution in [3.05, 3.63) is 59.4 Å². The van der Waals surface area contributed by atoms with Gasteiger partial charge in [0, 0.05) is 38.6 Å². The maximum Gasteiger partial charge on any atom is 0.255 e. The van der Waals surface area contributed by atoms with Crippen LogP contribution in [0.4, 0.5) is 0 Å². The van der Waals surface area contributed by atoms with Crippen LogP contribution >= 0.6 is 0 Å². The van der Waals surface area contributed by atoms with Gasteiger partial charge >= 0.3 is 0 Å². The first-order valence-corrected chi connectivity index (χ1v) is 8.35. The summed E-state index contributed by atoms with van der Waals surface area (Å²) in [5, 5.41) is 10.9. The van der Waals surface area contributed by atoms with Gasteiger partial charge in [-0.2, -0.15) is 0 Å². The van der Waals surface area contributed by atoms with Crippen molar-refractivity contribution in [3.63, 3.8) is 0 Å². The predicted molar refractivity (Wildman–Crippen MR) is 93.8 cm³/mol. The molecule has 1 aliphatic rings. The first kappa shape index (κ1) is 16.7. The summed E-state index contributed by atoms with van der Waals surface area (Å²) < 4.78 is 0. The largest absolute Gasteiger partial charge is 0.387 e. The van der Waals surface area contributed by atoms with Crippen molar-refractivity contribution in [2.45, 2.75) is 25.5 Å². The van der Waals surface area contributed by atoms with Gasteiger partial charge in [0.05, 0.1) is 17.7 Å². The van der Waals surface area contributed by atoms with Crippen molar-refractivity contribution < 1.29 is 9.90 Å². The molecule has 1 saturated heterocycles. The molecular weight excluding hydrogens is 302 g/mol. The van der Waals surface area contributed by atoms with Crippen molar-refractivity contribution >= 4 is 5.91 Å². The quantitative estimate of drug-likeness (QED) is 0.883. The van der Waals surface area contributed by atoms with Crippen LogP contribution in [-0.4, -0.2) is 58.1 Å².